The van der Waals surface area contributed by atoms with Crippen LogP contribution in [0.4, 0.5) is 5.69 Å². The SMILES string of the molecule is CC1CCCCC1c1cccc(N)c1. The molecule has 0 aliphatic heterocycles. The van der Waals surface area contributed by atoms with Crippen LogP contribution < -0.4 is 5.73 Å². The van der Waals surface area contributed by atoms with Gasteiger partial charge in [0.05, 0.1) is 0 Å². The summed E-state index contributed by atoms with van der Waals surface area (Å²) in [6, 6.07) is 8.41. The number of hydrogen-bond acceptors (Lipinski definition) is 1. The predicted molar refractivity (Wildman–Crippen MR) is 61.2 cm³/mol. The summed E-state index contributed by atoms with van der Waals surface area (Å²) in [7, 11) is 0. The third kappa shape index (κ3) is 1.92. The second kappa shape index (κ2) is 4.04. The Bertz CT molecular complexity index is 306. The van der Waals surface area contributed by atoms with Gasteiger partial charge in [-0.05, 0) is 36.0 Å². The standard InChI is InChI=1S/C13H19N/c1-10-5-2-3-8-13(10)11-6-4-7-12(14)9-11/h4,6-7,9-10,13H,2-3,5,8,14H2,1H3. The van der Waals surface area contributed by atoms with Crippen LogP contribution in [-0.2, 0) is 0 Å². The van der Waals surface area contributed by atoms with E-state index in [1.165, 1.54) is 31.2 Å². The molecule has 1 heteroatoms. The van der Waals surface area contributed by atoms with E-state index in [9.17, 15) is 0 Å². The van der Waals surface area contributed by atoms with Crippen molar-refractivity contribution in [1.82, 2.24) is 0 Å². The lowest BCUT2D eigenvalue weighted by Gasteiger charge is -2.29. The first-order valence-corrected chi connectivity index (χ1v) is 5.63. The maximum atomic E-state index is 5.81. The van der Waals surface area contributed by atoms with Crippen LogP contribution in [-0.4, -0.2) is 0 Å². The van der Waals surface area contributed by atoms with Crippen molar-refractivity contribution in [3.63, 3.8) is 0 Å². The zero-order valence-corrected chi connectivity index (χ0v) is 8.87. The van der Waals surface area contributed by atoms with Crippen LogP contribution in [0.15, 0.2) is 24.3 Å². The molecule has 0 aromatic heterocycles. The molecule has 1 aliphatic carbocycles. The Morgan fingerprint density at radius 1 is 1.21 bits per heavy atom. The Morgan fingerprint density at radius 3 is 2.71 bits per heavy atom. The lowest BCUT2D eigenvalue weighted by atomic mass is 9.76. The Hall–Kier alpha value is -0.980. The second-order valence-electron chi connectivity index (χ2n) is 4.54. The van der Waals surface area contributed by atoms with Crippen LogP contribution in [0.25, 0.3) is 0 Å². The van der Waals surface area contributed by atoms with E-state index >= 15 is 0 Å². The third-order valence-corrected chi connectivity index (χ3v) is 3.45. The van der Waals surface area contributed by atoms with Crippen LogP contribution in [0.1, 0.15) is 44.1 Å². The molecule has 76 valence electrons. The highest BCUT2D eigenvalue weighted by Gasteiger charge is 2.22. The second-order valence-corrected chi connectivity index (χ2v) is 4.54. The van der Waals surface area contributed by atoms with Crippen molar-refractivity contribution in [2.24, 2.45) is 5.92 Å². The van der Waals surface area contributed by atoms with Crippen molar-refractivity contribution in [2.45, 2.75) is 38.5 Å². The largest absolute Gasteiger partial charge is 0.399 e. The van der Waals surface area contributed by atoms with Gasteiger partial charge in [0.15, 0.2) is 0 Å². The number of nitrogen functional groups attached to an aromatic ring is 1. The average molecular weight is 189 g/mol. The van der Waals surface area contributed by atoms with Gasteiger partial charge in [0.1, 0.15) is 0 Å². The van der Waals surface area contributed by atoms with Crippen LogP contribution in [0.5, 0.6) is 0 Å². The van der Waals surface area contributed by atoms with E-state index in [0.717, 1.165) is 17.5 Å². The van der Waals surface area contributed by atoms with Gasteiger partial charge in [0.2, 0.25) is 0 Å². The van der Waals surface area contributed by atoms with Crippen LogP contribution in [0.2, 0.25) is 0 Å². The Morgan fingerprint density at radius 2 is 2.00 bits per heavy atom. The molecule has 0 radical (unpaired) electrons. The molecule has 0 bridgehead atoms. The lowest BCUT2D eigenvalue weighted by molar-refractivity contribution is 0.331. The smallest absolute Gasteiger partial charge is 0.0316 e. The molecular weight excluding hydrogens is 170 g/mol. The molecule has 14 heavy (non-hydrogen) atoms. The van der Waals surface area contributed by atoms with Crippen molar-refractivity contribution in [1.29, 1.82) is 0 Å². The molecule has 1 aromatic rings. The zero-order chi connectivity index (χ0) is 9.97. The molecule has 0 saturated heterocycles. The Balaban J connectivity index is 2.20. The molecule has 0 amide bonds. The van der Waals surface area contributed by atoms with E-state index in [4.69, 9.17) is 5.73 Å². The van der Waals surface area contributed by atoms with Crippen LogP contribution in [0.3, 0.4) is 0 Å². The van der Waals surface area contributed by atoms with E-state index in [1.54, 1.807) is 0 Å². The van der Waals surface area contributed by atoms with Crippen molar-refractivity contribution in [3.8, 4) is 0 Å². The molecule has 0 spiro atoms. The quantitative estimate of drug-likeness (QED) is 0.672. The topological polar surface area (TPSA) is 26.0 Å². The molecular formula is C13H19N. The van der Waals surface area contributed by atoms with Gasteiger partial charge in [-0.3, -0.25) is 0 Å². The number of benzene rings is 1. The fourth-order valence-corrected chi connectivity index (χ4v) is 2.60. The van der Waals surface area contributed by atoms with Crippen molar-refractivity contribution < 1.29 is 0 Å². The summed E-state index contributed by atoms with van der Waals surface area (Å²) < 4.78 is 0. The number of rotatable bonds is 1. The van der Waals surface area contributed by atoms with Crippen molar-refractivity contribution in [2.75, 3.05) is 5.73 Å². The highest BCUT2D eigenvalue weighted by atomic mass is 14.5. The van der Waals surface area contributed by atoms with Gasteiger partial charge >= 0.3 is 0 Å². The van der Waals surface area contributed by atoms with E-state index in [-0.39, 0.29) is 0 Å². The minimum Gasteiger partial charge on any atom is -0.399 e. The fraction of sp³-hybridized carbons (Fsp3) is 0.538. The van der Waals surface area contributed by atoms with E-state index in [2.05, 4.69) is 25.1 Å². The number of hydrogen-bond donors (Lipinski definition) is 1. The maximum absolute atomic E-state index is 5.81. The van der Waals surface area contributed by atoms with Gasteiger partial charge in [-0.2, -0.15) is 0 Å². The van der Waals surface area contributed by atoms with E-state index < -0.39 is 0 Å². The highest BCUT2D eigenvalue weighted by Crippen LogP contribution is 2.37. The summed E-state index contributed by atoms with van der Waals surface area (Å²) >= 11 is 0. The number of nitrogens with two attached hydrogens (primary N) is 1. The Labute approximate surface area is 86.3 Å². The summed E-state index contributed by atoms with van der Waals surface area (Å²) in [5.41, 5.74) is 8.16. The van der Waals surface area contributed by atoms with Crippen molar-refractivity contribution in [3.05, 3.63) is 29.8 Å². The average Bonchev–Trinajstić information content (AvgIpc) is 2.18. The van der Waals surface area contributed by atoms with Crippen LogP contribution in [0, 0.1) is 5.92 Å². The molecule has 1 aromatic carbocycles. The monoisotopic (exact) mass is 189 g/mol. The maximum Gasteiger partial charge on any atom is 0.0316 e. The molecule has 1 saturated carbocycles. The Kier molecular flexibility index (Phi) is 2.76. The minimum absolute atomic E-state index is 0.743. The van der Waals surface area contributed by atoms with Gasteiger partial charge in [-0.1, -0.05) is 38.3 Å². The normalized spacial score (nSPS) is 27.5. The molecule has 2 unspecified atom stereocenters. The van der Waals surface area contributed by atoms with Gasteiger partial charge < -0.3 is 5.73 Å². The first-order chi connectivity index (χ1) is 6.77. The molecule has 2 rings (SSSR count). The van der Waals surface area contributed by atoms with Crippen LogP contribution >= 0.6 is 0 Å². The summed E-state index contributed by atoms with van der Waals surface area (Å²) in [5.74, 6) is 1.57. The van der Waals surface area contributed by atoms with E-state index in [1.807, 2.05) is 6.07 Å². The molecule has 1 fully saturated rings. The van der Waals surface area contributed by atoms with Gasteiger partial charge in [0, 0.05) is 5.69 Å². The van der Waals surface area contributed by atoms with Crippen molar-refractivity contribution >= 4 is 5.69 Å². The van der Waals surface area contributed by atoms with Gasteiger partial charge in [-0.15, -0.1) is 0 Å². The zero-order valence-electron chi connectivity index (χ0n) is 8.87. The van der Waals surface area contributed by atoms with Gasteiger partial charge in [0.25, 0.3) is 0 Å². The highest BCUT2D eigenvalue weighted by molar-refractivity contribution is 5.42. The minimum atomic E-state index is 0.743. The molecule has 1 nitrogen and oxygen atoms in total. The molecule has 0 heterocycles. The number of anilines is 1. The first-order valence-electron chi connectivity index (χ1n) is 5.63. The summed E-state index contributed by atoms with van der Waals surface area (Å²) in [4.78, 5) is 0. The fourth-order valence-electron chi connectivity index (χ4n) is 2.60. The van der Waals surface area contributed by atoms with Gasteiger partial charge in [-0.25, -0.2) is 0 Å². The third-order valence-electron chi connectivity index (χ3n) is 3.45. The molecule has 2 atom stereocenters. The van der Waals surface area contributed by atoms with E-state index in [0.29, 0.717) is 0 Å². The summed E-state index contributed by atoms with van der Waals surface area (Å²) in [6.07, 6.45) is 5.49. The first kappa shape index (κ1) is 9.57. The summed E-state index contributed by atoms with van der Waals surface area (Å²) in [6.45, 7) is 2.37. The predicted octanol–water partition coefficient (Wildman–Crippen LogP) is 3.56. The lowest BCUT2D eigenvalue weighted by Crippen LogP contribution is -2.14. The summed E-state index contributed by atoms with van der Waals surface area (Å²) in [5, 5.41) is 0. The molecule has 1 aliphatic rings. The molecule has 2 N–H and O–H groups in total.